The average molecular weight is 264 g/mol. The number of hydrogen-bond acceptors (Lipinski definition) is 1. The molecule has 0 bridgehead atoms. The Bertz CT molecular complexity index is 161. The van der Waals surface area contributed by atoms with Crippen molar-refractivity contribution in [3.63, 3.8) is 0 Å². The molecule has 14 heavy (non-hydrogen) atoms. The summed E-state index contributed by atoms with van der Waals surface area (Å²) < 4.78 is 0. The van der Waals surface area contributed by atoms with Crippen LogP contribution in [0.3, 0.4) is 0 Å². The van der Waals surface area contributed by atoms with Crippen molar-refractivity contribution in [3.05, 3.63) is 0 Å². The highest BCUT2D eigenvalue weighted by atomic mass is 79.9. The summed E-state index contributed by atoms with van der Waals surface area (Å²) in [7, 11) is 1.91. The van der Waals surface area contributed by atoms with E-state index in [-0.39, 0.29) is 5.91 Å². The third kappa shape index (κ3) is 6.41. The fourth-order valence-electron chi connectivity index (χ4n) is 1.26. The van der Waals surface area contributed by atoms with E-state index in [1.165, 1.54) is 0 Å². The van der Waals surface area contributed by atoms with E-state index in [4.69, 9.17) is 0 Å². The van der Waals surface area contributed by atoms with Crippen LogP contribution in [-0.2, 0) is 4.79 Å². The van der Waals surface area contributed by atoms with Crippen molar-refractivity contribution in [1.29, 1.82) is 0 Å². The van der Waals surface area contributed by atoms with Gasteiger partial charge in [0.2, 0.25) is 5.91 Å². The van der Waals surface area contributed by atoms with Crippen LogP contribution in [0.1, 0.15) is 39.5 Å². The molecule has 0 heterocycles. The SMILES string of the molecule is CCC(C)CN(C)C(=O)CCCCBr. The predicted molar refractivity (Wildman–Crippen MR) is 64.7 cm³/mol. The number of alkyl halides is 1. The fraction of sp³-hybridized carbons (Fsp3) is 0.909. The van der Waals surface area contributed by atoms with Crippen molar-refractivity contribution in [1.82, 2.24) is 4.90 Å². The number of rotatable bonds is 7. The lowest BCUT2D eigenvalue weighted by Gasteiger charge is -2.20. The Hall–Kier alpha value is -0.0500. The Kier molecular flexibility index (Phi) is 8.24. The van der Waals surface area contributed by atoms with Crippen LogP contribution >= 0.6 is 15.9 Å². The first kappa shape index (κ1) is 13.9. The summed E-state index contributed by atoms with van der Waals surface area (Å²) in [6, 6.07) is 0. The molecule has 0 radical (unpaired) electrons. The Morgan fingerprint density at radius 1 is 1.43 bits per heavy atom. The number of halogens is 1. The topological polar surface area (TPSA) is 20.3 Å². The first-order valence-electron chi connectivity index (χ1n) is 5.41. The molecule has 0 aliphatic carbocycles. The maximum atomic E-state index is 11.6. The largest absolute Gasteiger partial charge is 0.345 e. The second-order valence-corrected chi connectivity index (χ2v) is 4.73. The molecule has 0 saturated carbocycles. The molecule has 1 unspecified atom stereocenters. The van der Waals surface area contributed by atoms with Crippen molar-refractivity contribution in [2.24, 2.45) is 5.92 Å². The van der Waals surface area contributed by atoms with E-state index in [0.717, 1.165) is 31.1 Å². The third-order valence-electron chi connectivity index (χ3n) is 2.48. The highest BCUT2D eigenvalue weighted by molar-refractivity contribution is 9.09. The standard InChI is InChI=1S/C11H22BrNO/c1-4-10(2)9-13(3)11(14)7-5-6-8-12/h10H,4-9H2,1-3H3. The Morgan fingerprint density at radius 3 is 2.57 bits per heavy atom. The zero-order valence-electron chi connectivity index (χ0n) is 9.55. The zero-order valence-corrected chi connectivity index (χ0v) is 11.1. The highest BCUT2D eigenvalue weighted by Crippen LogP contribution is 2.06. The van der Waals surface area contributed by atoms with Gasteiger partial charge in [0.25, 0.3) is 0 Å². The molecule has 0 aliphatic rings. The summed E-state index contributed by atoms with van der Waals surface area (Å²) in [5.41, 5.74) is 0. The van der Waals surface area contributed by atoms with Crippen molar-refractivity contribution in [3.8, 4) is 0 Å². The number of carbonyl (C=O) groups is 1. The van der Waals surface area contributed by atoms with E-state index < -0.39 is 0 Å². The lowest BCUT2D eigenvalue weighted by Crippen LogP contribution is -2.30. The Morgan fingerprint density at radius 2 is 2.07 bits per heavy atom. The monoisotopic (exact) mass is 263 g/mol. The third-order valence-corrected chi connectivity index (χ3v) is 3.04. The van der Waals surface area contributed by atoms with Gasteiger partial charge < -0.3 is 4.90 Å². The summed E-state index contributed by atoms with van der Waals surface area (Å²) in [6.07, 6.45) is 3.91. The first-order valence-corrected chi connectivity index (χ1v) is 6.53. The molecule has 1 amide bonds. The normalized spacial score (nSPS) is 12.6. The molecular weight excluding hydrogens is 242 g/mol. The van der Waals surface area contributed by atoms with Crippen LogP contribution in [-0.4, -0.2) is 29.7 Å². The molecular formula is C11H22BrNO. The van der Waals surface area contributed by atoms with Gasteiger partial charge in [0.1, 0.15) is 0 Å². The van der Waals surface area contributed by atoms with Gasteiger partial charge in [0.05, 0.1) is 0 Å². The molecule has 0 aliphatic heterocycles. The molecule has 84 valence electrons. The number of amides is 1. The maximum absolute atomic E-state index is 11.6. The van der Waals surface area contributed by atoms with Crippen LogP contribution in [0.4, 0.5) is 0 Å². The zero-order chi connectivity index (χ0) is 11.0. The Labute approximate surface area is 96.2 Å². The van der Waals surface area contributed by atoms with Gasteiger partial charge in [0.15, 0.2) is 0 Å². The number of carbonyl (C=O) groups excluding carboxylic acids is 1. The van der Waals surface area contributed by atoms with Gasteiger partial charge in [-0.3, -0.25) is 4.79 Å². The van der Waals surface area contributed by atoms with Crippen LogP contribution < -0.4 is 0 Å². The molecule has 0 saturated heterocycles. The van der Waals surface area contributed by atoms with Gasteiger partial charge in [-0.25, -0.2) is 0 Å². The van der Waals surface area contributed by atoms with E-state index in [1.807, 2.05) is 11.9 Å². The van der Waals surface area contributed by atoms with Crippen LogP contribution in [0.5, 0.6) is 0 Å². The van der Waals surface area contributed by atoms with E-state index in [0.29, 0.717) is 12.3 Å². The minimum Gasteiger partial charge on any atom is -0.345 e. The minimum atomic E-state index is 0.284. The second kappa shape index (κ2) is 8.27. The number of hydrogen-bond donors (Lipinski definition) is 0. The average Bonchev–Trinajstić information content (AvgIpc) is 2.17. The van der Waals surface area contributed by atoms with Gasteiger partial charge in [0, 0.05) is 25.3 Å². The van der Waals surface area contributed by atoms with Gasteiger partial charge in [-0.05, 0) is 18.8 Å². The van der Waals surface area contributed by atoms with Crippen LogP contribution in [0.25, 0.3) is 0 Å². The summed E-state index contributed by atoms with van der Waals surface area (Å²) in [4.78, 5) is 13.4. The molecule has 0 aromatic rings. The molecule has 0 fully saturated rings. The van der Waals surface area contributed by atoms with E-state index >= 15 is 0 Å². The lowest BCUT2D eigenvalue weighted by atomic mass is 10.1. The van der Waals surface area contributed by atoms with Crippen molar-refractivity contribution in [2.75, 3.05) is 18.9 Å². The molecule has 0 spiro atoms. The van der Waals surface area contributed by atoms with Crippen molar-refractivity contribution >= 4 is 21.8 Å². The molecule has 0 aromatic heterocycles. The molecule has 3 heteroatoms. The highest BCUT2D eigenvalue weighted by Gasteiger charge is 2.10. The van der Waals surface area contributed by atoms with Gasteiger partial charge in [-0.15, -0.1) is 0 Å². The summed E-state index contributed by atoms with van der Waals surface area (Å²) in [6.45, 7) is 5.24. The molecule has 0 N–H and O–H groups in total. The van der Waals surface area contributed by atoms with Gasteiger partial charge >= 0.3 is 0 Å². The lowest BCUT2D eigenvalue weighted by molar-refractivity contribution is -0.130. The van der Waals surface area contributed by atoms with E-state index in [9.17, 15) is 4.79 Å². The summed E-state index contributed by atoms with van der Waals surface area (Å²) in [5, 5.41) is 0.995. The first-order chi connectivity index (χ1) is 6.61. The second-order valence-electron chi connectivity index (χ2n) is 3.93. The number of nitrogens with zero attached hydrogens (tertiary/aromatic N) is 1. The van der Waals surface area contributed by atoms with Crippen LogP contribution in [0.15, 0.2) is 0 Å². The molecule has 0 rings (SSSR count). The van der Waals surface area contributed by atoms with E-state index in [1.54, 1.807) is 0 Å². The summed E-state index contributed by atoms with van der Waals surface area (Å²) in [5.74, 6) is 0.895. The molecule has 0 aromatic carbocycles. The van der Waals surface area contributed by atoms with Gasteiger partial charge in [-0.2, -0.15) is 0 Å². The molecule has 1 atom stereocenters. The Balaban J connectivity index is 3.64. The maximum Gasteiger partial charge on any atom is 0.222 e. The van der Waals surface area contributed by atoms with Gasteiger partial charge in [-0.1, -0.05) is 36.2 Å². The van der Waals surface area contributed by atoms with Crippen molar-refractivity contribution in [2.45, 2.75) is 39.5 Å². The summed E-state index contributed by atoms with van der Waals surface area (Å²) >= 11 is 3.36. The van der Waals surface area contributed by atoms with E-state index in [2.05, 4.69) is 29.8 Å². The number of unbranched alkanes of at least 4 members (excludes halogenated alkanes) is 1. The predicted octanol–water partition coefficient (Wildman–Crippen LogP) is 3.06. The van der Waals surface area contributed by atoms with Crippen LogP contribution in [0, 0.1) is 5.92 Å². The van der Waals surface area contributed by atoms with Crippen molar-refractivity contribution < 1.29 is 4.79 Å². The fourth-order valence-corrected chi connectivity index (χ4v) is 1.66. The van der Waals surface area contributed by atoms with Crippen LogP contribution in [0.2, 0.25) is 0 Å². The smallest absolute Gasteiger partial charge is 0.222 e. The quantitative estimate of drug-likeness (QED) is 0.511. The molecule has 2 nitrogen and oxygen atoms in total. The minimum absolute atomic E-state index is 0.284.